The van der Waals surface area contributed by atoms with Crippen LogP contribution in [0.1, 0.15) is 31.9 Å². The van der Waals surface area contributed by atoms with Crippen LogP contribution in [0, 0.1) is 0 Å². The van der Waals surface area contributed by atoms with E-state index in [-0.39, 0.29) is 0 Å². The lowest BCUT2D eigenvalue weighted by molar-refractivity contribution is 0.709. The third kappa shape index (κ3) is 1.46. The molecule has 2 heterocycles. The molecule has 0 bridgehead atoms. The molecule has 2 aromatic rings. The van der Waals surface area contributed by atoms with Crippen LogP contribution in [0.15, 0.2) is 29.0 Å². The molecule has 0 aliphatic rings. The summed E-state index contributed by atoms with van der Waals surface area (Å²) in [6.07, 6.45) is 3.14. The predicted octanol–water partition coefficient (Wildman–Crippen LogP) is 3.61. The third-order valence-electron chi connectivity index (χ3n) is 2.58. The van der Waals surface area contributed by atoms with Crippen LogP contribution in [0.4, 0.5) is 0 Å². The molecular weight excluding hydrogens is 240 g/mol. The Morgan fingerprint density at radius 1 is 1.50 bits per heavy atom. The Morgan fingerprint density at radius 2 is 2.29 bits per heavy atom. The van der Waals surface area contributed by atoms with Crippen molar-refractivity contribution in [2.75, 3.05) is 0 Å². The minimum Gasteiger partial charge on any atom is -0.294 e. The van der Waals surface area contributed by atoms with Crippen LogP contribution in [-0.2, 0) is 0 Å². The second kappa shape index (κ2) is 3.73. The molecule has 0 aliphatic carbocycles. The topological polar surface area (TPSA) is 17.3 Å². The number of rotatable bonds is 2. The van der Waals surface area contributed by atoms with E-state index in [9.17, 15) is 0 Å². The summed E-state index contributed by atoms with van der Waals surface area (Å²) in [4.78, 5) is 4.60. The number of pyridine rings is 1. The first kappa shape index (κ1) is 9.71. The molecule has 0 N–H and O–H groups in total. The van der Waals surface area contributed by atoms with Crippen LogP contribution in [0.25, 0.3) is 5.65 Å². The SMILES string of the molecule is CCC(C)c1nc2ccccn2c1Br. The zero-order valence-corrected chi connectivity index (χ0v) is 9.95. The van der Waals surface area contributed by atoms with Crippen LogP contribution in [0.5, 0.6) is 0 Å². The van der Waals surface area contributed by atoms with Gasteiger partial charge in [-0.3, -0.25) is 4.40 Å². The third-order valence-corrected chi connectivity index (χ3v) is 3.36. The molecule has 14 heavy (non-hydrogen) atoms. The van der Waals surface area contributed by atoms with E-state index < -0.39 is 0 Å². The Morgan fingerprint density at radius 3 is 2.93 bits per heavy atom. The fourth-order valence-corrected chi connectivity index (χ4v) is 2.27. The minimum absolute atomic E-state index is 0.504. The van der Waals surface area contributed by atoms with Gasteiger partial charge in [0.05, 0.1) is 5.69 Å². The Kier molecular flexibility index (Phi) is 2.59. The van der Waals surface area contributed by atoms with Crippen LogP contribution in [-0.4, -0.2) is 9.38 Å². The molecule has 0 aliphatic heterocycles. The van der Waals surface area contributed by atoms with Crippen LogP contribution in [0.3, 0.4) is 0 Å². The highest BCUT2D eigenvalue weighted by atomic mass is 79.9. The molecule has 0 aromatic carbocycles. The molecule has 1 atom stereocenters. The molecule has 0 fully saturated rings. The Hall–Kier alpha value is -0.830. The lowest BCUT2D eigenvalue weighted by Gasteiger charge is -2.04. The van der Waals surface area contributed by atoms with Gasteiger partial charge in [-0.25, -0.2) is 4.98 Å². The van der Waals surface area contributed by atoms with Crippen LogP contribution < -0.4 is 0 Å². The minimum atomic E-state index is 0.504. The van der Waals surface area contributed by atoms with Crippen molar-refractivity contribution in [3.8, 4) is 0 Å². The molecule has 2 aromatic heterocycles. The number of hydrogen-bond acceptors (Lipinski definition) is 1. The number of nitrogens with zero attached hydrogens (tertiary/aromatic N) is 2. The van der Waals surface area contributed by atoms with Crippen molar-refractivity contribution in [3.05, 3.63) is 34.7 Å². The molecule has 0 spiro atoms. The zero-order valence-electron chi connectivity index (χ0n) is 8.37. The van der Waals surface area contributed by atoms with Crippen LogP contribution in [0.2, 0.25) is 0 Å². The van der Waals surface area contributed by atoms with Crippen molar-refractivity contribution in [1.82, 2.24) is 9.38 Å². The van der Waals surface area contributed by atoms with Crippen molar-refractivity contribution in [1.29, 1.82) is 0 Å². The number of hydrogen-bond donors (Lipinski definition) is 0. The first-order valence-corrected chi connectivity index (χ1v) is 5.65. The summed E-state index contributed by atoms with van der Waals surface area (Å²) < 4.78 is 3.16. The first-order valence-electron chi connectivity index (χ1n) is 4.86. The summed E-state index contributed by atoms with van der Waals surface area (Å²) in [5.74, 6) is 0.504. The van der Waals surface area contributed by atoms with Crippen molar-refractivity contribution < 1.29 is 0 Å². The van der Waals surface area contributed by atoms with Gasteiger partial charge in [0.2, 0.25) is 0 Å². The molecule has 2 rings (SSSR count). The number of imidazole rings is 1. The number of aromatic nitrogens is 2. The average Bonchev–Trinajstić information content (AvgIpc) is 2.56. The summed E-state index contributed by atoms with van der Waals surface area (Å²) in [6, 6.07) is 6.05. The van der Waals surface area contributed by atoms with E-state index in [4.69, 9.17) is 0 Å². The van der Waals surface area contributed by atoms with Crippen molar-refractivity contribution in [2.45, 2.75) is 26.2 Å². The van der Waals surface area contributed by atoms with Gasteiger partial charge in [-0.15, -0.1) is 0 Å². The quantitative estimate of drug-likeness (QED) is 0.799. The van der Waals surface area contributed by atoms with Gasteiger partial charge in [0.15, 0.2) is 0 Å². The normalized spacial score (nSPS) is 13.4. The highest BCUT2D eigenvalue weighted by Crippen LogP contribution is 2.27. The van der Waals surface area contributed by atoms with E-state index in [0.717, 1.165) is 22.4 Å². The predicted molar refractivity (Wildman–Crippen MR) is 61.6 cm³/mol. The lowest BCUT2D eigenvalue weighted by Crippen LogP contribution is -1.92. The molecule has 3 heteroatoms. The van der Waals surface area contributed by atoms with Gasteiger partial charge in [-0.2, -0.15) is 0 Å². The fraction of sp³-hybridized carbons (Fsp3) is 0.364. The highest BCUT2D eigenvalue weighted by Gasteiger charge is 2.13. The van der Waals surface area contributed by atoms with Crippen molar-refractivity contribution >= 4 is 21.6 Å². The van der Waals surface area contributed by atoms with Gasteiger partial charge in [0.1, 0.15) is 10.3 Å². The maximum absolute atomic E-state index is 4.60. The van der Waals surface area contributed by atoms with Crippen molar-refractivity contribution in [2.24, 2.45) is 0 Å². The van der Waals surface area contributed by atoms with Crippen LogP contribution >= 0.6 is 15.9 Å². The largest absolute Gasteiger partial charge is 0.294 e. The molecule has 0 saturated heterocycles. The van der Waals surface area contributed by atoms with E-state index in [1.54, 1.807) is 0 Å². The first-order chi connectivity index (χ1) is 6.74. The fourth-order valence-electron chi connectivity index (χ4n) is 1.49. The summed E-state index contributed by atoms with van der Waals surface area (Å²) in [5, 5.41) is 0. The maximum Gasteiger partial charge on any atom is 0.137 e. The zero-order chi connectivity index (χ0) is 10.1. The molecule has 1 unspecified atom stereocenters. The molecule has 0 radical (unpaired) electrons. The monoisotopic (exact) mass is 252 g/mol. The maximum atomic E-state index is 4.60. The summed E-state index contributed by atoms with van der Waals surface area (Å²) >= 11 is 3.59. The van der Waals surface area contributed by atoms with E-state index in [1.165, 1.54) is 0 Å². The molecule has 74 valence electrons. The Bertz CT molecular complexity index is 447. The van der Waals surface area contributed by atoms with Gasteiger partial charge in [0.25, 0.3) is 0 Å². The standard InChI is InChI=1S/C11H13BrN2/c1-3-8(2)10-11(12)14-7-5-4-6-9(14)13-10/h4-8H,3H2,1-2H3. The van der Waals surface area contributed by atoms with Gasteiger partial charge in [-0.1, -0.05) is 19.9 Å². The Balaban J connectivity index is 2.62. The van der Waals surface area contributed by atoms with Gasteiger partial charge < -0.3 is 0 Å². The number of halogens is 1. The van der Waals surface area contributed by atoms with E-state index >= 15 is 0 Å². The smallest absolute Gasteiger partial charge is 0.137 e. The number of fused-ring (bicyclic) bond motifs is 1. The van der Waals surface area contributed by atoms with E-state index in [0.29, 0.717) is 5.92 Å². The second-order valence-corrected chi connectivity index (χ2v) is 4.28. The van der Waals surface area contributed by atoms with Crippen molar-refractivity contribution in [3.63, 3.8) is 0 Å². The van der Waals surface area contributed by atoms with Gasteiger partial charge >= 0.3 is 0 Å². The molecular formula is C11H13BrN2. The van der Waals surface area contributed by atoms with E-state index in [2.05, 4.69) is 39.2 Å². The summed E-state index contributed by atoms with van der Waals surface area (Å²) in [6.45, 7) is 4.38. The summed E-state index contributed by atoms with van der Waals surface area (Å²) in [5.41, 5.74) is 2.16. The highest BCUT2D eigenvalue weighted by molar-refractivity contribution is 9.10. The second-order valence-electron chi connectivity index (χ2n) is 3.53. The van der Waals surface area contributed by atoms with E-state index in [1.807, 2.05) is 24.4 Å². The lowest BCUT2D eigenvalue weighted by atomic mass is 10.1. The molecule has 0 saturated carbocycles. The average molecular weight is 253 g/mol. The van der Waals surface area contributed by atoms with Gasteiger partial charge in [-0.05, 0) is 34.5 Å². The van der Waals surface area contributed by atoms with Gasteiger partial charge in [0, 0.05) is 12.1 Å². The molecule has 0 amide bonds. The Labute approximate surface area is 92.1 Å². The summed E-state index contributed by atoms with van der Waals surface area (Å²) in [7, 11) is 0. The molecule has 2 nitrogen and oxygen atoms in total.